The molecule has 20 heavy (non-hydrogen) atoms. The van der Waals surface area contributed by atoms with Crippen molar-refractivity contribution >= 4 is 17.3 Å². The molecule has 0 amide bonds. The van der Waals surface area contributed by atoms with E-state index in [-0.39, 0.29) is 16.6 Å². The van der Waals surface area contributed by atoms with Crippen LogP contribution in [0.4, 0.5) is 5.69 Å². The summed E-state index contributed by atoms with van der Waals surface area (Å²) in [6.45, 7) is 4.41. The lowest BCUT2D eigenvalue weighted by molar-refractivity contribution is 0.503. The fraction of sp³-hybridized carbons (Fsp3) is 0.462. The molecule has 0 atom stereocenters. The minimum absolute atomic E-state index is 0.0124. The van der Waals surface area contributed by atoms with Crippen molar-refractivity contribution in [2.75, 3.05) is 11.9 Å². The average molecular weight is 296 g/mol. The molecule has 0 radical (unpaired) electrons. The Kier molecular flexibility index (Phi) is 4.44. The van der Waals surface area contributed by atoms with Crippen molar-refractivity contribution in [1.29, 1.82) is 0 Å². The molecule has 0 saturated heterocycles. The molecule has 0 aliphatic carbocycles. The summed E-state index contributed by atoms with van der Waals surface area (Å²) < 4.78 is 3.32. The Bertz CT molecular complexity index is 646. The van der Waals surface area contributed by atoms with Gasteiger partial charge >= 0.3 is 0 Å². The van der Waals surface area contributed by atoms with Crippen molar-refractivity contribution in [3.63, 3.8) is 0 Å². The number of imidazole rings is 1. The normalized spacial score (nSPS) is 11.1. The molecule has 108 valence electrons. The Morgan fingerprint density at radius 1 is 1.45 bits per heavy atom. The van der Waals surface area contributed by atoms with Gasteiger partial charge in [0.15, 0.2) is 0 Å². The van der Waals surface area contributed by atoms with Crippen molar-refractivity contribution in [2.45, 2.75) is 26.3 Å². The van der Waals surface area contributed by atoms with E-state index in [1.165, 1.54) is 4.68 Å². The molecule has 0 saturated carbocycles. The fourth-order valence-corrected chi connectivity index (χ4v) is 2.08. The van der Waals surface area contributed by atoms with Crippen molar-refractivity contribution in [3.8, 4) is 0 Å². The summed E-state index contributed by atoms with van der Waals surface area (Å²) in [5, 5.41) is 7.41. The highest BCUT2D eigenvalue weighted by Crippen LogP contribution is 2.16. The first-order chi connectivity index (χ1) is 9.50. The molecule has 6 nitrogen and oxygen atoms in total. The predicted molar refractivity (Wildman–Crippen MR) is 79.3 cm³/mol. The highest BCUT2D eigenvalue weighted by Gasteiger charge is 2.11. The molecule has 2 rings (SSSR count). The van der Waals surface area contributed by atoms with Gasteiger partial charge in [0.05, 0.1) is 17.9 Å². The molecule has 0 aliphatic heterocycles. The summed E-state index contributed by atoms with van der Waals surface area (Å²) in [4.78, 5) is 16.2. The summed E-state index contributed by atoms with van der Waals surface area (Å²) in [6, 6.07) is -0.0124. The number of nitrogens with zero attached hydrogens (tertiary/aromatic N) is 4. The van der Waals surface area contributed by atoms with E-state index in [1.807, 2.05) is 31.7 Å². The van der Waals surface area contributed by atoms with Crippen LogP contribution < -0.4 is 10.9 Å². The third-order valence-electron chi connectivity index (χ3n) is 3.02. The minimum Gasteiger partial charge on any atom is -0.382 e. The lowest BCUT2D eigenvalue weighted by Crippen LogP contribution is -2.26. The molecule has 0 fully saturated rings. The van der Waals surface area contributed by atoms with Crippen LogP contribution in [0.5, 0.6) is 0 Å². The number of halogens is 1. The molecule has 2 aromatic heterocycles. The summed E-state index contributed by atoms with van der Waals surface area (Å²) in [5.74, 6) is 0.970. The number of rotatable bonds is 5. The Balaban J connectivity index is 2.05. The number of hydrogen-bond donors (Lipinski definition) is 1. The van der Waals surface area contributed by atoms with Crippen LogP contribution in [0, 0.1) is 0 Å². The number of aromatic nitrogens is 4. The predicted octanol–water partition coefficient (Wildman–Crippen LogP) is 1.87. The van der Waals surface area contributed by atoms with Crippen LogP contribution in [0.3, 0.4) is 0 Å². The van der Waals surface area contributed by atoms with E-state index in [4.69, 9.17) is 11.6 Å². The van der Waals surface area contributed by atoms with Crippen LogP contribution >= 0.6 is 11.6 Å². The molecular formula is C13H18ClN5O. The van der Waals surface area contributed by atoms with Crippen LogP contribution in [0.15, 0.2) is 23.4 Å². The zero-order chi connectivity index (χ0) is 14.7. The monoisotopic (exact) mass is 295 g/mol. The van der Waals surface area contributed by atoms with Crippen molar-refractivity contribution < 1.29 is 0 Å². The largest absolute Gasteiger partial charge is 0.382 e. The van der Waals surface area contributed by atoms with Gasteiger partial charge in [-0.1, -0.05) is 11.6 Å². The fourth-order valence-electron chi connectivity index (χ4n) is 1.88. The molecule has 0 spiro atoms. The SMILES string of the molecule is CC(C)n1ncc(NCCc2nccn2C)c(Cl)c1=O. The van der Waals surface area contributed by atoms with Gasteiger partial charge in [0, 0.05) is 32.4 Å². The molecule has 2 heterocycles. The quantitative estimate of drug-likeness (QED) is 0.914. The molecule has 0 aromatic carbocycles. The van der Waals surface area contributed by atoms with Crippen molar-refractivity contribution in [3.05, 3.63) is 39.8 Å². The third-order valence-corrected chi connectivity index (χ3v) is 3.38. The van der Waals surface area contributed by atoms with Gasteiger partial charge in [-0.25, -0.2) is 9.67 Å². The second kappa shape index (κ2) is 6.09. The smallest absolute Gasteiger partial charge is 0.287 e. The maximum absolute atomic E-state index is 12.0. The highest BCUT2D eigenvalue weighted by atomic mass is 35.5. The third kappa shape index (κ3) is 3.01. The Morgan fingerprint density at radius 3 is 2.80 bits per heavy atom. The zero-order valence-corrected chi connectivity index (χ0v) is 12.6. The lowest BCUT2D eigenvalue weighted by Gasteiger charge is -2.12. The summed E-state index contributed by atoms with van der Waals surface area (Å²) >= 11 is 6.08. The Labute approximate surface area is 122 Å². The first-order valence-electron chi connectivity index (χ1n) is 6.48. The standard InChI is InChI=1S/C13H18ClN5O/c1-9(2)19-13(20)12(14)10(8-17-19)15-5-4-11-16-6-7-18(11)3/h6-9,15H,4-5H2,1-3H3. The number of aryl methyl sites for hydroxylation is 1. The summed E-state index contributed by atoms with van der Waals surface area (Å²) in [5.41, 5.74) is 0.284. The van der Waals surface area contributed by atoms with E-state index in [1.54, 1.807) is 12.4 Å². The molecule has 7 heteroatoms. The zero-order valence-electron chi connectivity index (χ0n) is 11.8. The molecular weight excluding hydrogens is 278 g/mol. The van der Waals surface area contributed by atoms with Crippen LogP contribution in [-0.2, 0) is 13.5 Å². The summed E-state index contributed by atoms with van der Waals surface area (Å²) in [6.07, 6.45) is 5.98. The van der Waals surface area contributed by atoms with Crippen LogP contribution in [0.25, 0.3) is 0 Å². The highest BCUT2D eigenvalue weighted by molar-refractivity contribution is 6.32. The maximum atomic E-state index is 12.0. The second-order valence-electron chi connectivity index (χ2n) is 4.85. The van der Waals surface area contributed by atoms with Gasteiger partial charge in [-0.3, -0.25) is 4.79 Å². The van der Waals surface area contributed by atoms with E-state index in [2.05, 4.69) is 15.4 Å². The van der Waals surface area contributed by atoms with Gasteiger partial charge in [-0.2, -0.15) is 5.10 Å². The van der Waals surface area contributed by atoms with Crippen LogP contribution in [0.1, 0.15) is 25.7 Å². The maximum Gasteiger partial charge on any atom is 0.287 e. The first kappa shape index (κ1) is 14.6. The molecule has 2 aromatic rings. The first-order valence-corrected chi connectivity index (χ1v) is 6.86. The van der Waals surface area contributed by atoms with Gasteiger partial charge in [0.2, 0.25) is 0 Å². The molecule has 1 N–H and O–H groups in total. The van der Waals surface area contributed by atoms with E-state index >= 15 is 0 Å². The Hall–Kier alpha value is -1.82. The molecule has 0 aliphatic rings. The van der Waals surface area contributed by atoms with Gasteiger partial charge in [-0.15, -0.1) is 0 Å². The van der Waals surface area contributed by atoms with E-state index in [0.717, 1.165) is 12.2 Å². The number of anilines is 1. The summed E-state index contributed by atoms with van der Waals surface area (Å²) in [7, 11) is 1.95. The minimum atomic E-state index is -0.274. The molecule has 0 bridgehead atoms. The van der Waals surface area contributed by atoms with E-state index in [9.17, 15) is 4.79 Å². The van der Waals surface area contributed by atoms with Gasteiger partial charge in [0.1, 0.15) is 10.8 Å². The number of hydrogen-bond acceptors (Lipinski definition) is 4. The van der Waals surface area contributed by atoms with Crippen LogP contribution in [-0.4, -0.2) is 25.9 Å². The topological polar surface area (TPSA) is 64.7 Å². The van der Waals surface area contributed by atoms with E-state index in [0.29, 0.717) is 12.2 Å². The Morgan fingerprint density at radius 2 is 2.20 bits per heavy atom. The average Bonchev–Trinajstić information content (AvgIpc) is 2.80. The lowest BCUT2D eigenvalue weighted by atomic mass is 10.3. The molecule has 0 unspecified atom stereocenters. The van der Waals surface area contributed by atoms with Crippen LogP contribution in [0.2, 0.25) is 5.02 Å². The second-order valence-corrected chi connectivity index (χ2v) is 5.22. The van der Waals surface area contributed by atoms with Crippen molar-refractivity contribution in [2.24, 2.45) is 7.05 Å². The number of nitrogens with one attached hydrogen (secondary N) is 1. The van der Waals surface area contributed by atoms with Gasteiger partial charge < -0.3 is 9.88 Å². The van der Waals surface area contributed by atoms with Crippen molar-refractivity contribution in [1.82, 2.24) is 19.3 Å². The van der Waals surface area contributed by atoms with Gasteiger partial charge in [0.25, 0.3) is 5.56 Å². The van der Waals surface area contributed by atoms with Gasteiger partial charge in [-0.05, 0) is 13.8 Å². The van der Waals surface area contributed by atoms with E-state index < -0.39 is 0 Å².